The predicted octanol–water partition coefficient (Wildman–Crippen LogP) is 2.70. The van der Waals surface area contributed by atoms with Crippen LogP contribution in [0, 0.1) is 11.8 Å². The average Bonchev–Trinajstić information content (AvgIpc) is 2.96. The first-order chi connectivity index (χ1) is 18.4. The fourth-order valence-electron chi connectivity index (χ4n) is 6.63. The molecule has 6 heterocycles. The van der Waals surface area contributed by atoms with Gasteiger partial charge in [-0.2, -0.15) is 0 Å². The van der Waals surface area contributed by atoms with Gasteiger partial charge in [-0.15, -0.1) is 0 Å². The van der Waals surface area contributed by atoms with Crippen molar-refractivity contribution in [1.29, 1.82) is 0 Å². The summed E-state index contributed by atoms with van der Waals surface area (Å²) >= 11 is 0. The second-order valence-corrected chi connectivity index (χ2v) is 12.6. The molecule has 1 aromatic rings. The quantitative estimate of drug-likeness (QED) is 0.341. The second-order valence-electron chi connectivity index (χ2n) is 10.9. The van der Waals surface area contributed by atoms with E-state index in [2.05, 4.69) is 9.80 Å². The molecular weight excluding hydrogens is 511 g/mol. The van der Waals surface area contributed by atoms with Crippen LogP contribution in [0.4, 0.5) is 0 Å². The molecule has 6 fully saturated rings. The number of phosphoric acid groups is 1. The Morgan fingerprint density at radius 2 is 1.18 bits per heavy atom. The molecule has 2 unspecified atom stereocenters. The fourth-order valence-corrected chi connectivity index (χ4v) is 7.91. The molecule has 38 heavy (non-hydrogen) atoms. The molecule has 6 aliphatic rings. The highest BCUT2D eigenvalue weighted by atomic mass is 31.2. The number of piperidine rings is 6. The van der Waals surface area contributed by atoms with Crippen LogP contribution in [0.5, 0.6) is 0 Å². The maximum Gasteiger partial charge on any atom is 0.475 e. The molecule has 0 amide bonds. The second kappa shape index (κ2) is 11.6. The molecule has 6 aliphatic heterocycles. The Balaban J connectivity index is 1.37. The zero-order valence-corrected chi connectivity index (χ0v) is 23.2. The Hall–Kier alpha value is -1.49. The van der Waals surface area contributed by atoms with Crippen LogP contribution in [0.25, 0.3) is 0 Å². The molecule has 0 saturated carbocycles. The number of carbonyl (C=O) groups is 2. The third kappa shape index (κ3) is 5.18. The number of hydrogen-bond acceptors (Lipinski definition) is 10. The smallest absolute Gasteiger partial charge is 0.382 e. The fraction of sp³-hybridized carbons (Fsp3) is 0.704. The first kappa shape index (κ1) is 28.1. The maximum atomic E-state index is 14.2. The van der Waals surface area contributed by atoms with Crippen molar-refractivity contribution in [2.75, 3.05) is 66.8 Å². The molecule has 11 heteroatoms. The van der Waals surface area contributed by atoms with Gasteiger partial charge in [-0.05, 0) is 57.4 Å². The van der Waals surface area contributed by atoms with Crippen LogP contribution in [-0.4, -0.2) is 99.3 Å². The lowest BCUT2D eigenvalue weighted by Gasteiger charge is -2.52. The van der Waals surface area contributed by atoms with Crippen LogP contribution < -0.4 is 0 Å². The minimum atomic E-state index is -4.22. The van der Waals surface area contributed by atoms with Gasteiger partial charge in [0.25, 0.3) is 0 Å². The first-order valence-electron chi connectivity index (χ1n) is 13.5. The van der Waals surface area contributed by atoms with E-state index >= 15 is 0 Å². The van der Waals surface area contributed by atoms with Crippen LogP contribution in [0.3, 0.4) is 0 Å². The largest absolute Gasteiger partial charge is 0.475 e. The monoisotopic (exact) mass is 550 g/mol. The molecule has 2 atom stereocenters. The van der Waals surface area contributed by atoms with Crippen LogP contribution in [0.1, 0.15) is 31.2 Å². The van der Waals surface area contributed by atoms with E-state index in [0.29, 0.717) is 0 Å². The van der Waals surface area contributed by atoms with Crippen LogP contribution in [0.2, 0.25) is 0 Å². The van der Waals surface area contributed by atoms with Crippen molar-refractivity contribution in [3.63, 3.8) is 0 Å². The molecule has 1 aromatic carbocycles. The van der Waals surface area contributed by atoms with Crippen molar-refractivity contribution in [2.24, 2.45) is 11.8 Å². The summed E-state index contributed by atoms with van der Waals surface area (Å²) in [6.07, 6.45) is 3.23. The Morgan fingerprint density at radius 1 is 0.737 bits per heavy atom. The van der Waals surface area contributed by atoms with Crippen LogP contribution >= 0.6 is 7.82 Å². The van der Waals surface area contributed by atoms with E-state index in [1.165, 1.54) is 0 Å². The number of rotatable bonds is 13. The Bertz CT molecular complexity index is 983. The summed E-state index contributed by atoms with van der Waals surface area (Å²) in [5.41, 5.74) is -1.29. The number of ketones is 2. The molecule has 7 rings (SSSR count). The number of methoxy groups -OCH3 is 2. The topological polar surface area (TPSA) is 104 Å². The van der Waals surface area contributed by atoms with E-state index in [1.54, 1.807) is 14.2 Å². The van der Waals surface area contributed by atoms with Crippen molar-refractivity contribution in [1.82, 2.24) is 9.80 Å². The number of nitrogens with zero attached hydrogens (tertiary/aromatic N) is 2. The number of carbonyl (C=O) groups excluding carboxylic acids is 2. The highest BCUT2D eigenvalue weighted by molar-refractivity contribution is 7.48. The van der Waals surface area contributed by atoms with Crippen molar-refractivity contribution < 1.29 is 37.2 Å². The third-order valence-corrected chi connectivity index (χ3v) is 10.1. The number of fused-ring (bicyclic) bond motifs is 6. The highest BCUT2D eigenvalue weighted by Crippen LogP contribution is 2.53. The summed E-state index contributed by atoms with van der Waals surface area (Å²) in [7, 11) is -1.12. The van der Waals surface area contributed by atoms with E-state index in [9.17, 15) is 14.2 Å². The van der Waals surface area contributed by atoms with Crippen molar-refractivity contribution in [3.05, 3.63) is 35.9 Å². The highest BCUT2D eigenvalue weighted by Gasteiger charge is 2.56. The zero-order chi connectivity index (χ0) is 26.8. The molecule has 10 nitrogen and oxygen atoms in total. The van der Waals surface area contributed by atoms with Crippen molar-refractivity contribution in [3.8, 4) is 0 Å². The Morgan fingerprint density at radius 3 is 1.58 bits per heavy atom. The van der Waals surface area contributed by atoms with E-state index in [4.69, 9.17) is 23.0 Å². The summed E-state index contributed by atoms with van der Waals surface area (Å²) in [5.74, 6) is -0.0173. The minimum Gasteiger partial charge on any atom is -0.382 e. The van der Waals surface area contributed by atoms with Gasteiger partial charge in [0.2, 0.25) is 0 Å². The standard InChI is InChI=1S/C27H39N2O8P/c1-33-17-26(24(30)22-8-12-28(26)13-9-22)19-36-38(32,35-16-21-6-4-3-5-7-21)37-20-27(18-34-2)25(31)23-10-14-29(27)15-11-23/h3-7,22-23H,8-20H2,1-2H3. The molecule has 0 N–H and O–H groups in total. The van der Waals surface area contributed by atoms with E-state index < -0.39 is 18.9 Å². The Kier molecular flexibility index (Phi) is 8.53. The lowest BCUT2D eigenvalue weighted by Crippen LogP contribution is -2.69. The van der Waals surface area contributed by atoms with Gasteiger partial charge >= 0.3 is 7.82 Å². The Labute approximate surface area is 224 Å². The number of Topliss-reactive ketones (excluding diaryl/α,β-unsaturated/α-hetero) is 2. The lowest BCUT2D eigenvalue weighted by atomic mass is 9.74. The maximum absolute atomic E-state index is 14.2. The van der Waals surface area contributed by atoms with Crippen molar-refractivity contribution >= 4 is 19.4 Å². The van der Waals surface area contributed by atoms with Crippen LogP contribution in [-0.2, 0) is 43.8 Å². The SMILES string of the molecule is COCC1(COP(=O)(OCc2ccccc2)OCC2(COC)C(=O)C3CCN2CC3)C(=O)C2CCN1CC2. The van der Waals surface area contributed by atoms with Gasteiger partial charge in [0.05, 0.1) is 33.0 Å². The normalized spacial score (nSPS) is 35.9. The molecule has 0 radical (unpaired) electrons. The summed E-state index contributed by atoms with van der Waals surface area (Å²) in [4.78, 5) is 31.0. The molecule has 0 aromatic heterocycles. The van der Waals surface area contributed by atoms with Gasteiger partial charge in [-0.1, -0.05) is 30.3 Å². The predicted molar refractivity (Wildman–Crippen MR) is 139 cm³/mol. The van der Waals surface area contributed by atoms with Crippen LogP contribution in [0.15, 0.2) is 30.3 Å². The molecule has 4 bridgehead atoms. The van der Waals surface area contributed by atoms with Crippen molar-refractivity contribution in [2.45, 2.75) is 43.4 Å². The number of ether oxygens (including phenoxy) is 2. The molecule has 0 spiro atoms. The summed E-state index contributed by atoms with van der Waals surface area (Å²) in [6.45, 7) is 2.89. The van der Waals surface area contributed by atoms with Gasteiger partial charge in [-0.25, -0.2) is 4.57 Å². The van der Waals surface area contributed by atoms with Gasteiger partial charge in [0.1, 0.15) is 11.1 Å². The number of phosphoric ester groups is 1. The van der Waals surface area contributed by atoms with Gasteiger partial charge in [0.15, 0.2) is 11.6 Å². The summed E-state index contributed by atoms with van der Waals surface area (Å²) in [6, 6.07) is 9.32. The number of hydrogen-bond donors (Lipinski definition) is 0. The average molecular weight is 551 g/mol. The van der Waals surface area contributed by atoms with E-state index in [-0.39, 0.29) is 56.4 Å². The minimum absolute atomic E-state index is 0.00670. The summed E-state index contributed by atoms with van der Waals surface area (Å²) in [5, 5.41) is 0. The first-order valence-corrected chi connectivity index (χ1v) is 15.0. The molecular formula is C27H39N2O8P. The van der Waals surface area contributed by atoms with Gasteiger partial charge in [0, 0.05) is 26.1 Å². The van der Waals surface area contributed by atoms with Gasteiger partial charge in [-0.3, -0.25) is 33.0 Å². The molecule has 210 valence electrons. The van der Waals surface area contributed by atoms with Gasteiger partial charge < -0.3 is 9.47 Å². The zero-order valence-electron chi connectivity index (χ0n) is 22.3. The molecule has 6 saturated heterocycles. The molecule has 0 aliphatic carbocycles. The van der Waals surface area contributed by atoms with E-state index in [1.807, 2.05) is 30.3 Å². The third-order valence-electron chi connectivity index (χ3n) is 8.78. The number of benzene rings is 1. The van der Waals surface area contributed by atoms with E-state index in [0.717, 1.165) is 57.4 Å². The lowest BCUT2D eigenvalue weighted by molar-refractivity contribution is -0.159. The summed E-state index contributed by atoms with van der Waals surface area (Å²) < 4.78 is 43.0.